The predicted octanol–water partition coefficient (Wildman–Crippen LogP) is 0.410. The van der Waals surface area contributed by atoms with Crippen LogP contribution >= 0.6 is 0 Å². The van der Waals surface area contributed by atoms with E-state index in [-0.39, 0.29) is 0 Å². The number of carbonyl (C=O) groups is 1. The third-order valence-electron chi connectivity index (χ3n) is 1.03. The molecule has 0 saturated heterocycles. The average molecular weight is 177 g/mol. The van der Waals surface area contributed by atoms with E-state index in [2.05, 4.69) is 25.9 Å². The van der Waals surface area contributed by atoms with Crippen LogP contribution in [0.2, 0.25) is 0 Å². The first-order valence-corrected chi connectivity index (χ1v) is 3.97. The minimum Gasteiger partial charge on any atom is -0.479 e. The lowest BCUT2D eigenvalue weighted by atomic mass is 10.4. The number of carboxylic acids is 1. The van der Waals surface area contributed by atoms with Crippen LogP contribution in [0.15, 0.2) is 0 Å². The zero-order chi connectivity index (χ0) is 10.1. The van der Waals surface area contributed by atoms with Crippen LogP contribution in [0.3, 0.4) is 0 Å². The second-order valence-corrected chi connectivity index (χ2v) is 2.82. The van der Waals surface area contributed by atoms with Crippen molar-refractivity contribution in [3.8, 4) is 0 Å². The van der Waals surface area contributed by atoms with Gasteiger partial charge in [0.2, 0.25) is 0 Å². The quantitative estimate of drug-likeness (QED) is 0.655. The minimum atomic E-state index is -1.23. The Labute approximate surface area is 73.8 Å². The molecule has 1 atom stereocenters. The molecule has 0 amide bonds. The molecule has 0 heterocycles. The largest absolute Gasteiger partial charge is 0.479 e. The van der Waals surface area contributed by atoms with Crippen molar-refractivity contribution in [2.24, 2.45) is 0 Å². The molecule has 0 aliphatic carbocycles. The standard InChI is InChI=1S/C5H13N.C3H6O3/c1-4-5-6(2)3;1-2(4)3(5)6/h4-5H2,1-3H3;2,4H,1H3,(H,5,6). The number of aliphatic hydroxyl groups excluding tert-OH is 1. The monoisotopic (exact) mass is 177 g/mol. The molecule has 0 aromatic rings. The van der Waals surface area contributed by atoms with Gasteiger partial charge in [0.05, 0.1) is 0 Å². The second-order valence-electron chi connectivity index (χ2n) is 2.82. The van der Waals surface area contributed by atoms with Crippen molar-refractivity contribution in [3.63, 3.8) is 0 Å². The first kappa shape index (κ1) is 13.9. The molecule has 0 aliphatic rings. The van der Waals surface area contributed by atoms with E-state index in [0.717, 1.165) is 0 Å². The first-order valence-electron chi connectivity index (χ1n) is 3.97. The Morgan fingerprint density at radius 1 is 1.50 bits per heavy atom. The molecule has 4 nitrogen and oxygen atoms in total. The maximum absolute atomic E-state index is 9.45. The Hall–Kier alpha value is -0.610. The van der Waals surface area contributed by atoms with Gasteiger partial charge in [-0.05, 0) is 34.0 Å². The van der Waals surface area contributed by atoms with Crippen molar-refractivity contribution in [1.29, 1.82) is 0 Å². The molecule has 4 heteroatoms. The van der Waals surface area contributed by atoms with Crippen LogP contribution in [0, 0.1) is 0 Å². The molecule has 74 valence electrons. The fourth-order valence-corrected chi connectivity index (χ4v) is 0.447. The smallest absolute Gasteiger partial charge is 0.332 e. The summed E-state index contributed by atoms with van der Waals surface area (Å²) in [4.78, 5) is 11.6. The second kappa shape index (κ2) is 8.49. The van der Waals surface area contributed by atoms with Crippen LogP contribution in [0.5, 0.6) is 0 Å². The number of aliphatic hydroxyl groups is 1. The summed E-state index contributed by atoms with van der Waals surface area (Å²) < 4.78 is 0. The number of rotatable bonds is 3. The summed E-state index contributed by atoms with van der Waals surface area (Å²) in [5, 5.41) is 15.8. The molecule has 1 unspecified atom stereocenters. The summed E-state index contributed by atoms with van der Waals surface area (Å²) in [7, 11) is 4.17. The molecule has 0 rings (SSSR count). The van der Waals surface area contributed by atoms with Crippen molar-refractivity contribution in [2.45, 2.75) is 26.4 Å². The van der Waals surface area contributed by atoms with Crippen LogP contribution in [0.4, 0.5) is 0 Å². The lowest BCUT2D eigenvalue weighted by molar-refractivity contribution is -0.145. The van der Waals surface area contributed by atoms with Crippen LogP contribution in [-0.2, 0) is 4.79 Å². The van der Waals surface area contributed by atoms with Crippen molar-refractivity contribution in [2.75, 3.05) is 20.6 Å². The molecular formula is C8H19NO3. The molecule has 0 aliphatic heterocycles. The van der Waals surface area contributed by atoms with Crippen LogP contribution < -0.4 is 0 Å². The summed E-state index contributed by atoms with van der Waals surface area (Å²) in [6, 6.07) is 0. The molecule has 0 radical (unpaired) electrons. The summed E-state index contributed by atoms with van der Waals surface area (Å²) in [5.41, 5.74) is 0. The summed E-state index contributed by atoms with van der Waals surface area (Å²) in [6.07, 6.45) is 0.0255. The highest BCUT2D eigenvalue weighted by atomic mass is 16.4. The molecule has 0 saturated carbocycles. The van der Waals surface area contributed by atoms with E-state index in [9.17, 15) is 4.79 Å². The normalized spacial score (nSPS) is 11.8. The maximum Gasteiger partial charge on any atom is 0.332 e. The Morgan fingerprint density at radius 2 is 1.83 bits per heavy atom. The Kier molecular flexibility index (Phi) is 9.86. The average Bonchev–Trinajstić information content (AvgIpc) is 1.87. The molecule has 0 bridgehead atoms. The SMILES string of the molecule is CC(O)C(=O)O.CCCN(C)C. The molecule has 0 aromatic carbocycles. The van der Waals surface area contributed by atoms with E-state index in [1.807, 2.05) is 0 Å². The molecule has 0 spiro atoms. The van der Waals surface area contributed by atoms with Gasteiger partial charge in [-0.2, -0.15) is 0 Å². The van der Waals surface area contributed by atoms with E-state index in [1.54, 1.807) is 0 Å². The van der Waals surface area contributed by atoms with Gasteiger partial charge in [0.25, 0.3) is 0 Å². The van der Waals surface area contributed by atoms with Crippen LogP contribution in [-0.4, -0.2) is 47.8 Å². The van der Waals surface area contributed by atoms with E-state index >= 15 is 0 Å². The van der Waals surface area contributed by atoms with Crippen LogP contribution in [0.1, 0.15) is 20.3 Å². The van der Waals surface area contributed by atoms with Gasteiger partial charge in [0, 0.05) is 0 Å². The Morgan fingerprint density at radius 3 is 1.83 bits per heavy atom. The number of hydrogen-bond acceptors (Lipinski definition) is 3. The van der Waals surface area contributed by atoms with E-state index in [4.69, 9.17) is 10.2 Å². The van der Waals surface area contributed by atoms with Gasteiger partial charge >= 0.3 is 5.97 Å². The molecule has 0 fully saturated rings. The fourth-order valence-electron chi connectivity index (χ4n) is 0.447. The topological polar surface area (TPSA) is 60.8 Å². The molecular weight excluding hydrogens is 158 g/mol. The lowest BCUT2D eigenvalue weighted by Crippen LogP contribution is -2.13. The predicted molar refractivity (Wildman–Crippen MR) is 48.2 cm³/mol. The number of nitrogens with zero attached hydrogens (tertiary/aromatic N) is 1. The lowest BCUT2D eigenvalue weighted by Gasteiger charge is -2.03. The summed E-state index contributed by atoms with van der Waals surface area (Å²) in [6.45, 7) is 4.59. The van der Waals surface area contributed by atoms with Crippen LogP contribution in [0.25, 0.3) is 0 Å². The summed E-state index contributed by atoms with van der Waals surface area (Å²) >= 11 is 0. The number of aliphatic carboxylic acids is 1. The third-order valence-corrected chi connectivity index (χ3v) is 1.03. The van der Waals surface area contributed by atoms with E-state index in [1.165, 1.54) is 19.9 Å². The maximum atomic E-state index is 9.45. The van der Waals surface area contributed by atoms with Crippen molar-refractivity contribution >= 4 is 5.97 Å². The van der Waals surface area contributed by atoms with Crippen molar-refractivity contribution in [3.05, 3.63) is 0 Å². The fraction of sp³-hybridized carbons (Fsp3) is 0.875. The Balaban J connectivity index is 0. The summed E-state index contributed by atoms with van der Waals surface area (Å²) in [5.74, 6) is -1.19. The molecule has 0 aromatic heterocycles. The van der Waals surface area contributed by atoms with Gasteiger partial charge in [-0.3, -0.25) is 0 Å². The van der Waals surface area contributed by atoms with Gasteiger partial charge in [-0.25, -0.2) is 4.79 Å². The zero-order valence-electron chi connectivity index (χ0n) is 8.24. The molecule has 12 heavy (non-hydrogen) atoms. The molecule has 2 N–H and O–H groups in total. The number of carboxylic acid groups (broad SMARTS) is 1. The van der Waals surface area contributed by atoms with Gasteiger partial charge in [0.15, 0.2) is 0 Å². The number of hydrogen-bond donors (Lipinski definition) is 2. The highest BCUT2D eigenvalue weighted by molar-refractivity contribution is 5.71. The van der Waals surface area contributed by atoms with Gasteiger partial charge in [0.1, 0.15) is 6.10 Å². The van der Waals surface area contributed by atoms with E-state index < -0.39 is 12.1 Å². The third kappa shape index (κ3) is 16.2. The van der Waals surface area contributed by atoms with Crippen molar-refractivity contribution in [1.82, 2.24) is 4.90 Å². The van der Waals surface area contributed by atoms with Gasteiger partial charge < -0.3 is 15.1 Å². The first-order chi connectivity index (χ1) is 5.41. The van der Waals surface area contributed by atoms with E-state index in [0.29, 0.717) is 0 Å². The highest BCUT2D eigenvalue weighted by Crippen LogP contribution is 1.76. The van der Waals surface area contributed by atoms with Gasteiger partial charge in [-0.15, -0.1) is 0 Å². The minimum absolute atomic E-state index is 1.19. The zero-order valence-corrected chi connectivity index (χ0v) is 8.24. The van der Waals surface area contributed by atoms with Gasteiger partial charge in [-0.1, -0.05) is 6.92 Å². The Bertz CT molecular complexity index is 113. The highest BCUT2D eigenvalue weighted by Gasteiger charge is 2.01. The van der Waals surface area contributed by atoms with Crippen molar-refractivity contribution < 1.29 is 15.0 Å².